The Balaban J connectivity index is 1.95. The van der Waals surface area contributed by atoms with Crippen LogP contribution >= 0.6 is 23.2 Å². The highest BCUT2D eigenvalue weighted by Gasteiger charge is 2.02. The summed E-state index contributed by atoms with van der Waals surface area (Å²) in [6, 6.07) is 12.1. The zero-order valence-corrected chi connectivity index (χ0v) is 12.7. The van der Waals surface area contributed by atoms with E-state index in [9.17, 15) is 4.79 Å². The second kappa shape index (κ2) is 7.11. The summed E-state index contributed by atoms with van der Waals surface area (Å²) in [6.45, 7) is 1.91. The van der Waals surface area contributed by atoms with Gasteiger partial charge in [0.05, 0.1) is 11.2 Å². The number of carbonyl (C=O) groups excluding carboxylic acids is 1. The Bertz CT molecular complexity index is 686. The first-order valence-corrected chi connectivity index (χ1v) is 6.92. The molecule has 0 aliphatic carbocycles. The predicted molar refractivity (Wildman–Crippen MR) is 87.4 cm³/mol. The van der Waals surface area contributed by atoms with Crippen molar-refractivity contribution in [3.63, 3.8) is 0 Å². The van der Waals surface area contributed by atoms with E-state index < -0.39 is 6.03 Å². The molecule has 0 aliphatic heterocycles. The van der Waals surface area contributed by atoms with Gasteiger partial charge >= 0.3 is 6.03 Å². The van der Waals surface area contributed by atoms with E-state index in [-0.39, 0.29) is 0 Å². The van der Waals surface area contributed by atoms with Gasteiger partial charge in [-0.05, 0) is 30.7 Å². The molecule has 108 valence electrons. The lowest BCUT2D eigenvalue weighted by Crippen LogP contribution is -2.24. The quantitative estimate of drug-likeness (QED) is 0.636. The number of amides is 2. The maximum absolute atomic E-state index is 11.7. The third-order valence-corrected chi connectivity index (χ3v) is 3.29. The van der Waals surface area contributed by atoms with Crippen LogP contribution in [0.1, 0.15) is 11.1 Å². The second-order valence-corrected chi connectivity index (χ2v) is 5.15. The summed E-state index contributed by atoms with van der Waals surface area (Å²) in [6.07, 6.45) is 1.45. The molecule has 0 saturated carbocycles. The van der Waals surface area contributed by atoms with Gasteiger partial charge in [0.25, 0.3) is 0 Å². The van der Waals surface area contributed by atoms with Gasteiger partial charge in [0.15, 0.2) is 0 Å². The third kappa shape index (κ3) is 4.48. The summed E-state index contributed by atoms with van der Waals surface area (Å²) in [5.74, 6) is 0. The van der Waals surface area contributed by atoms with E-state index in [1.54, 1.807) is 18.2 Å². The van der Waals surface area contributed by atoms with E-state index >= 15 is 0 Å². The number of aryl methyl sites for hydroxylation is 1. The van der Waals surface area contributed by atoms with E-state index in [2.05, 4.69) is 15.8 Å². The number of carbonyl (C=O) groups is 1. The number of rotatable bonds is 3. The van der Waals surface area contributed by atoms with Crippen LogP contribution in [0.5, 0.6) is 0 Å². The predicted octanol–water partition coefficient (Wildman–Crippen LogP) is 4.46. The van der Waals surface area contributed by atoms with Gasteiger partial charge < -0.3 is 5.32 Å². The highest BCUT2D eigenvalue weighted by atomic mass is 35.5. The minimum atomic E-state index is -0.425. The van der Waals surface area contributed by atoms with E-state index in [1.165, 1.54) is 6.21 Å². The lowest BCUT2D eigenvalue weighted by molar-refractivity contribution is 0.252. The molecule has 2 N–H and O–H groups in total. The van der Waals surface area contributed by atoms with Crippen molar-refractivity contribution in [2.45, 2.75) is 6.92 Å². The van der Waals surface area contributed by atoms with Crippen LogP contribution < -0.4 is 10.7 Å². The maximum atomic E-state index is 11.7. The van der Waals surface area contributed by atoms with Gasteiger partial charge in [-0.15, -0.1) is 0 Å². The molecule has 4 nitrogen and oxygen atoms in total. The lowest BCUT2D eigenvalue weighted by Gasteiger charge is -2.06. The van der Waals surface area contributed by atoms with Gasteiger partial charge in [-0.2, -0.15) is 5.10 Å². The Kier molecular flexibility index (Phi) is 5.20. The monoisotopic (exact) mass is 321 g/mol. The molecule has 0 atom stereocenters. The largest absolute Gasteiger partial charge is 0.339 e. The molecule has 0 radical (unpaired) electrons. The first kappa shape index (κ1) is 15.4. The zero-order chi connectivity index (χ0) is 15.2. The highest BCUT2D eigenvalue weighted by Crippen LogP contribution is 2.19. The minimum Gasteiger partial charge on any atom is -0.306 e. The number of urea groups is 1. The molecule has 2 rings (SSSR count). The molecule has 21 heavy (non-hydrogen) atoms. The zero-order valence-electron chi connectivity index (χ0n) is 11.2. The molecule has 0 fully saturated rings. The second-order valence-electron chi connectivity index (χ2n) is 4.30. The molecule has 0 spiro atoms. The Labute approximate surface area is 132 Å². The summed E-state index contributed by atoms with van der Waals surface area (Å²) in [7, 11) is 0. The molecule has 0 aromatic heterocycles. The van der Waals surface area contributed by atoms with Crippen LogP contribution in [0.15, 0.2) is 47.6 Å². The van der Waals surface area contributed by atoms with Crippen molar-refractivity contribution in [2.75, 3.05) is 5.32 Å². The molecule has 2 aromatic rings. The molecule has 0 heterocycles. The van der Waals surface area contributed by atoms with Crippen molar-refractivity contribution in [1.82, 2.24) is 5.43 Å². The number of nitrogens with zero attached hydrogens (tertiary/aromatic N) is 1. The van der Waals surface area contributed by atoms with Gasteiger partial charge in [0.2, 0.25) is 0 Å². The molecular weight excluding hydrogens is 309 g/mol. The molecule has 2 aromatic carbocycles. The third-order valence-electron chi connectivity index (χ3n) is 2.73. The van der Waals surface area contributed by atoms with Gasteiger partial charge in [0, 0.05) is 16.3 Å². The average molecular weight is 322 g/mol. The van der Waals surface area contributed by atoms with Crippen LogP contribution in [0, 0.1) is 6.92 Å². The number of para-hydroxylation sites is 1. The van der Waals surface area contributed by atoms with E-state index in [0.29, 0.717) is 15.6 Å². The molecule has 2 amide bonds. The number of benzene rings is 2. The molecule has 0 aliphatic rings. The standard InChI is InChI=1S/C15H13Cl2N3O/c1-10-4-2-3-5-14(10)19-15(21)20-18-9-11-6-7-12(16)8-13(11)17/h2-9H,1H3,(H2,19,20,21). The number of hydrogen-bond donors (Lipinski definition) is 2. The van der Waals surface area contributed by atoms with Crippen LogP contribution in [0.2, 0.25) is 10.0 Å². The van der Waals surface area contributed by atoms with E-state index in [1.807, 2.05) is 31.2 Å². The Morgan fingerprint density at radius 1 is 1.19 bits per heavy atom. The minimum absolute atomic E-state index is 0.425. The van der Waals surface area contributed by atoms with Gasteiger partial charge in [-0.25, -0.2) is 10.2 Å². The fourth-order valence-electron chi connectivity index (χ4n) is 1.63. The van der Waals surface area contributed by atoms with Gasteiger partial charge in [-0.3, -0.25) is 0 Å². The number of anilines is 1. The molecule has 6 heteroatoms. The van der Waals surface area contributed by atoms with Crippen LogP contribution in [0.4, 0.5) is 10.5 Å². The van der Waals surface area contributed by atoms with E-state index in [0.717, 1.165) is 11.3 Å². The number of hydrogen-bond acceptors (Lipinski definition) is 2. The topological polar surface area (TPSA) is 53.5 Å². The number of nitrogens with one attached hydrogen (secondary N) is 2. The SMILES string of the molecule is Cc1ccccc1NC(=O)NN=Cc1ccc(Cl)cc1Cl. The fraction of sp³-hybridized carbons (Fsp3) is 0.0667. The summed E-state index contributed by atoms with van der Waals surface area (Å²) in [5.41, 5.74) is 4.74. The van der Waals surface area contributed by atoms with Crippen molar-refractivity contribution >= 4 is 41.1 Å². The van der Waals surface area contributed by atoms with Crippen LogP contribution in [-0.4, -0.2) is 12.2 Å². The van der Waals surface area contributed by atoms with E-state index in [4.69, 9.17) is 23.2 Å². The highest BCUT2D eigenvalue weighted by molar-refractivity contribution is 6.36. The van der Waals surface area contributed by atoms with Crippen LogP contribution in [0.25, 0.3) is 0 Å². The normalized spacial score (nSPS) is 10.6. The van der Waals surface area contributed by atoms with Crippen molar-refractivity contribution in [2.24, 2.45) is 5.10 Å². The smallest absolute Gasteiger partial charge is 0.306 e. The van der Waals surface area contributed by atoms with Gasteiger partial charge in [-0.1, -0.05) is 47.5 Å². The summed E-state index contributed by atoms with van der Waals surface area (Å²) in [5, 5.41) is 7.55. The average Bonchev–Trinajstić information content (AvgIpc) is 2.44. The summed E-state index contributed by atoms with van der Waals surface area (Å²) >= 11 is 11.8. The Hall–Kier alpha value is -2.04. The Morgan fingerprint density at radius 2 is 1.95 bits per heavy atom. The Morgan fingerprint density at radius 3 is 2.67 bits per heavy atom. The van der Waals surface area contributed by atoms with Crippen molar-refractivity contribution in [3.05, 3.63) is 63.6 Å². The van der Waals surface area contributed by atoms with Gasteiger partial charge in [0.1, 0.15) is 0 Å². The maximum Gasteiger partial charge on any atom is 0.339 e. The molecule has 0 saturated heterocycles. The lowest BCUT2D eigenvalue weighted by atomic mass is 10.2. The molecule has 0 bridgehead atoms. The van der Waals surface area contributed by atoms with Crippen LogP contribution in [0.3, 0.4) is 0 Å². The first-order valence-electron chi connectivity index (χ1n) is 6.17. The fourth-order valence-corrected chi connectivity index (χ4v) is 2.09. The van der Waals surface area contributed by atoms with Crippen LogP contribution in [-0.2, 0) is 0 Å². The molecule has 0 unspecified atom stereocenters. The number of hydrazone groups is 1. The van der Waals surface area contributed by atoms with Crippen molar-refractivity contribution in [3.8, 4) is 0 Å². The molecular formula is C15H13Cl2N3O. The summed E-state index contributed by atoms with van der Waals surface area (Å²) < 4.78 is 0. The van der Waals surface area contributed by atoms with Crippen molar-refractivity contribution < 1.29 is 4.79 Å². The summed E-state index contributed by atoms with van der Waals surface area (Å²) in [4.78, 5) is 11.7. The number of halogens is 2. The first-order chi connectivity index (χ1) is 10.1. The van der Waals surface area contributed by atoms with Crippen molar-refractivity contribution in [1.29, 1.82) is 0 Å².